The Balaban J connectivity index is 1.89. The summed E-state index contributed by atoms with van der Waals surface area (Å²) in [5, 5.41) is 10.9. The lowest BCUT2D eigenvalue weighted by Crippen LogP contribution is -2.44. The zero-order valence-corrected chi connectivity index (χ0v) is 12.1. The Hall–Kier alpha value is -0.610. The number of ether oxygens (including phenoxy) is 1. The van der Waals surface area contributed by atoms with E-state index >= 15 is 0 Å². The molecule has 0 saturated carbocycles. The Labute approximate surface area is 120 Å². The summed E-state index contributed by atoms with van der Waals surface area (Å²) < 4.78 is 5.71. The number of nitrogens with zero attached hydrogens (tertiary/aromatic N) is 1. The van der Waals surface area contributed by atoms with Crippen LogP contribution in [0.15, 0.2) is 24.3 Å². The van der Waals surface area contributed by atoms with E-state index in [1.807, 2.05) is 24.3 Å². The van der Waals surface area contributed by atoms with Crippen molar-refractivity contribution in [3.8, 4) is 0 Å². The molecule has 19 heavy (non-hydrogen) atoms. The average molecular weight is 284 g/mol. The van der Waals surface area contributed by atoms with E-state index in [1.165, 1.54) is 0 Å². The van der Waals surface area contributed by atoms with Crippen molar-refractivity contribution in [1.29, 1.82) is 0 Å². The molecule has 2 rings (SSSR count). The van der Waals surface area contributed by atoms with E-state index in [0.717, 1.165) is 38.1 Å². The maximum absolute atomic E-state index is 10.3. The lowest BCUT2D eigenvalue weighted by molar-refractivity contribution is -0.0440. The van der Waals surface area contributed by atoms with Crippen LogP contribution in [0, 0.1) is 0 Å². The molecule has 0 aromatic heterocycles. The number of halogens is 1. The highest BCUT2D eigenvalue weighted by atomic mass is 35.5. The summed E-state index contributed by atoms with van der Waals surface area (Å²) in [4.78, 5) is 2.27. The van der Waals surface area contributed by atoms with E-state index in [1.54, 1.807) is 0 Å². The van der Waals surface area contributed by atoms with Gasteiger partial charge in [0.2, 0.25) is 0 Å². The summed E-state index contributed by atoms with van der Waals surface area (Å²) in [6, 6.07) is 7.45. The van der Waals surface area contributed by atoms with Gasteiger partial charge in [0.05, 0.1) is 18.8 Å². The van der Waals surface area contributed by atoms with Crippen LogP contribution in [0.25, 0.3) is 0 Å². The van der Waals surface area contributed by atoms with Gasteiger partial charge in [-0.1, -0.05) is 37.1 Å². The first-order chi connectivity index (χ1) is 9.19. The van der Waals surface area contributed by atoms with E-state index in [0.29, 0.717) is 17.7 Å². The van der Waals surface area contributed by atoms with Crippen molar-refractivity contribution in [3.63, 3.8) is 0 Å². The van der Waals surface area contributed by atoms with E-state index in [9.17, 15) is 5.11 Å². The Morgan fingerprint density at radius 3 is 3.11 bits per heavy atom. The largest absolute Gasteiger partial charge is 0.387 e. The highest BCUT2D eigenvalue weighted by Gasteiger charge is 2.22. The van der Waals surface area contributed by atoms with Crippen molar-refractivity contribution < 1.29 is 9.84 Å². The van der Waals surface area contributed by atoms with Gasteiger partial charge in [0.1, 0.15) is 0 Å². The van der Waals surface area contributed by atoms with Crippen LogP contribution in [-0.2, 0) is 4.74 Å². The van der Waals surface area contributed by atoms with Crippen LogP contribution in [0.1, 0.15) is 31.4 Å². The molecular weight excluding hydrogens is 262 g/mol. The van der Waals surface area contributed by atoms with Crippen LogP contribution in [-0.4, -0.2) is 42.4 Å². The molecule has 1 aliphatic rings. The number of aliphatic hydroxyl groups is 1. The van der Waals surface area contributed by atoms with Crippen molar-refractivity contribution in [2.24, 2.45) is 0 Å². The summed E-state index contributed by atoms with van der Waals surface area (Å²) >= 11 is 5.95. The Morgan fingerprint density at radius 1 is 1.53 bits per heavy atom. The molecule has 106 valence electrons. The third-order valence-electron chi connectivity index (χ3n) is 3.50. The predicted octanol–water partition coefficient (Wildman–Crippen LogP) is 2.87. The number of aliphatic hydroxyl groups excluding tert-OH is 1. The van der Waals surface area contributed by atoms with Crippen LogP contribution in [0.5, 0.6) is 0 Å². The molecule has 0 aliphatic carbocycles. The summed E-state index contributed by atoms with van der Waals surface area (Å²) in [6.45, 7) is 5.36. The second kappa shape index (κ2) is 7.25. The second-order valence-electron chi connectivity index (χ2n) is 5.11. The van der Waals surface area contributed by atoms with Gasteiger partial charge in [-0.15, -0.1) is 0 Å². The lowest BCUT2D eigenvalue weighted by atomic mass is 10.1. The third-order valence-corrected chi connectivity index (χ3v) is 3.73. The van der Waals surface area contributed by atoms with Crippen molar-refractivity contribution in [2.75, 3.05) is 26.2 Å². The van der Waals surface area contributed by atoms with Gasteiger partial charge >= 0.3 is 0 Å². The van der Waals surface area contributed by atoms with Gasteiger partial charge in [-0.25, -0.2) is 0 Å². The monoisotopic (exact) mass is 283 g/mol. The van der Waals surface area contributed by atoms with Crippen molar-refractivity contribution in [2.45, 2.75) is 32.0 Å². The number of benzene rings is 1. The van der Waals surface area contributed by atoms with Gasteiger partial charge < -0.3 is 9.84 Å². The minimum Gasteiger partial charge on any atom is -0.387 e. The Morgan fingerprint density at radius 2 is 2.37 bits per heavy atom. The number of rotatable bonds is 5. The molecule has 3 nitrogen and oxygen atoms in total. The molecule has 2 atom stereocenters. The van der Waals surface area contributed by atoms with Crippen molar-refractivity contribution in [1.82, 2.24) is 4.90 Å². The standard InChI is InChI=1S/C15H22ClNO2/c1-2-4-14-10-17(7-8-19-14)11-15(18)12-5-3-6-13(16)9-12/h3,5-6,9,14-15,18H,2,4,7-8,10-11H2,1H3. The Kier molecular flexibility index (Phi) is 5.64. The number of morpholine rings is 1. The van der Waals surface area contributed by atoms with E-state index in [2.05, 4.69) is 11.8 Å². The minimum atomic E-state index is -0.487. The molecule has 1 aliphatic heterocycles. The zero-order valence-electron chi connectivity index (χ0n) is 11.4. The number of hydrogen-bond acceptors (Lipinski definition) is 3. The molecule has 1 aromatic carbocycles. The molecule has 2 unspecified atom stereocenters. The summed E-state index contributed by atoms with van der Waals surface area (Å²) in [6.07, 6.45) is 2.04. The van der Waals surface area contributed by atoms with Crippen molar-refractivity contribution in [3.05, 3.63) is 34.9 Å². The molecule has 1 N–H and O–H groups in total. The van der Waals surface area contributed by atoms with Gasteiger partial charge in [0, 0.05) is 24.7 Å². The van der Waals surface area contributed by atoms with E-state index in [4.69, 9.17) is 16.3 Å². The normalized spacial score (nSPS) is 22.4. The molecule has 0 radical (unpaired) electrons. The maximum atomic E-state index is 10.3. The first-order valence-corrected chi connectivity index (χ1v) is 7.34. The topological polar surface area (TPSA) is 32.7 Å². The van der Waals surface area contributed by atoms with E-state index < -0.39 is 6.10 Å². The summed E-state index contributed by atoms with van der Waals surface area (Å²) in [7, 11) is 0. The zero-order chi connectivity index (χ0) is 13.7. The SMILES string of the molecule is CCCC1CN(CC(O)c2cccc(Cl)c2)CCO1. The predicted molar refractivity (Wildman–Crippen MR) is 77.5 cm³/mol. The summed E-state index contributed by atoms with van der Waals surface area (Å²) in [5.74, 6) is 0. The fourth-order valence-electron chi connectivity index (χ4n) is 2.51. The smallest absolute Gasteiger partial charge is 0.0917 e. The van der Waals surface area contributed by atoms with E-state index in [-0.39, 0.29) is 0 Å². The number of β-amino-alcohol motifs (C(OH)–C–C–N with tert-alkyl or cyclic N) is 1. The molecule has 1 aromatic rings. The van der Waals surface area contributed by atoms with Crippen molar-refractivity contribution >= 4 is 11.6 Å². The fourth-order valence-corrected chi connectivity index (χ4v) is 2.71. The van der Waals surface area contributed by atoms with Crippen LogP contribution >= 0.6 is 11.6 Å². The molecule has 1 fully saturated rings. The van der Waals surface area contributed by atoms with Crippen LogP contribution in [0.3, 0.4) is 0 Å². The van der Waals surface area contributed by atoms with Gasteiger partial charge in [-0.3, -0.25) is 4.90 Å². The van der Waals surface area contributed by atoms with Gasteiger partial charge in [-0.2, -0.15) is 0 Å². The quantitative estimate of drug-likeness (QED) is 0.902. The van der Waals surface area contributed by atoms with Gasteiger partial charge in [0.15, 0.2) is 0 Å². The fraction of sp³-hybridized carbons (Fsp3) is 0.600. The molecule has 1 heterocycles. The highest BCUT2D eigenvalue weighted by Crippen LogP contribution is 2.20. The molecular formula is C15H22ClNO2. The molecule has 0 bridgehead atoms. The van der Waals surface area contributed by atoms with Gasteiger partial charge in [0.25, 0.3) is 0 Å². The first-order valence-electron chi connectivity index (χ1n) is 6.96. The number of hydrogen-bond donors (Lipinski definition) is 1. The maximum Gasteiger partial charge on any atom is 0.0917 e. The van der Waals surface area contributed by atoms with Gasteiger partial charge in [-0.05, 0) is 24.1 Å². The molecule has 0 spiro atoms. The average Bonchev–Trinajstić information content (AvgIpc) is 2.39. The lowest BCUT2D eigenvalue weighted by Gasteiger charge is -2.34. The Bertz CT molecular complexity index is 397. The molecule has 1 saturated heterocycles. The highest BCUT2D eigenvalue weighted by molar-refractivity contribution is 6.30. The third kappa shape index (κ3) is 4.46. The minimum absolute atomic E-state index is 0.310. The second-order valence-corrected chi connectivity index (χ2v) is 5.55. The van der Waals surface area contributed by atoms with Crippen LogP contribution in [0.2, 0.25) is 5.02 Å². The first kappa shape index (κ1) is 14.8. The molecule has 4 heteroatoms. The van der Waals surface area contributed by atoms with Crippen LogP contribution in [0.4, 0.5) is 0 Å². The summed E-state index contributed by atoms with van der Waals surface area (Å²) in [5.41, 5.74) is 0.881. The molecule has 0 amide bonds. The van der Waals surface area contributed by atoms with Crippen LogP contribution < -0.4 is 0 Å².